The lowest BCUT2D eigenvalue weighted by molar-refractivity contribution is 0.536. The molecule has 1 atom stereocenters. The minimum absolute atomic E-state index is 0.205. The molecule has 0 saturated heterocycles. The minimum Gasteiger partial charge on any atom is -0.353 e. The number of nitrogens with zero attached hydrogens (tertiary/aromatic N) is 1. The summed E-state index contributed by atoms with van der Waals surface area (Å²) in [7, 11) is -2.96. The molecule has 0 aliphatic heterocycles. The predicted molar refractivity (Wildman–Crippen MR) is 80.1 cm³/mol. The number of aryl methyl sites for hydroxylation is 1. The number of hydrogen-bond acceptors (Lipinski definition) is 3. The Morgan fingerprint density at radius 1 is 1.32 bits per heavy atom. The van der Waals surface area contributed by atoms with Gasteiger partial charge in [-0.2, -0.15) is 0 Å². The monoisotopic (exact) mass is 286 g/mol. The van der Waals surface area contributed by atoms with Crippen LogP contribution in [0.25, 0.3) is 0 Å². The number of nitrogens with one attached hydrogen (secondary N) is 1. The van der Waals surface area contributed by atoms with Gasteiger partial charge in [-0.05, 0) is 38.4 Å². The quantitative estimate of drug-likeness (QED) is 0.798. The van der Waals surface area contributed by atoms with Gasteiger partial charge in [-0.15, -0.1) is 0 Å². The molecule has 19 heavy (non-hydrogen) atoms. The van der Waals surface area contributed by atoms with Crippen LogP contribution in [0.2, 0.25) is 0 Å². The molecule has 0 amide bonds. The molecule has 1 N–H and O–H groups in total. The molecule has 110 valence electrons. The molecule has 0 saturated carbocycles. The van der Waals surface area contributed by atoms with Crippen molar-refractivity contribution in [3.63, 3.8) is 0 Å². The molecule has 1 heterocycles. The van der Waals surface area contributed by atoms with E-state index in [-0.39, 0.29) is 11.0 Å². The van der Waals surface area contributed by atoms with Gasteiger partial charge in [0, 0.05) is 25.0 Å². The van der Waals surface area contributed by atoms with Crippen LogP contribution in [0.4, 0.5) is 0 Å². The highest BCUT2D eigenvalue weighted by atomic mass is 32.2. The smallest absolute Gasteiger partial charge is 0.154 e. The second kappa shape index (κ2) is 7.10. The Morgan fingerprint density at radius 2 is 2.00 bits per heavy atom. The maximum Gasteiger partial charge on any atom is 0.154 e. The average molecular weight is 286 g/mol. The van der Waals surface area contributed by atoms with Crippen LogP contribution in [-0.2, 0) is 16.4 Å². The summed E-state index contributed by atoms with van der Waals surface area (Å²) in [6, 6.07) is 2.42. The fraction of sp³-hybridized carbons (Fsp3) is 0.714. The highest BCUT2D eigenvalue weighted by Crippen LogP contribution is 2.17. The number of rotatable bonds is 8. The van der Waals surface area contributed by atoms with Crippen LogP contribution >= 0.6 is 0 Å². The van der Waals surface area contributed by atoms with Gasteiger partial charge in [-0.3, -0.25) is 0 Å². The van der Waals surface area contributed by atoms with Crippen molar-refractivity contribution in [1.82, 2.24) is 9.88 Å². The molecule has 0 radical (unpaired) electrons. The van der Waals surface area contributed by atoms with Gasteiger partial charge in [0.1, 0.15) is 0 Å². The van der Waals surface area contributed by atoms with Gasteiger partial charge in [-0.25, -0.2) is 8.42 Å². The molecule has 5 heteroatoms. The zero-order valence-corrected chi connectivity index (χ0v) is 13.2. The van der Waals surface area contributed by atoms with Gasteiger partial charge in [0.05, 0.1) is 11.0 Å². The Kier molecular flexibility index (Phi) is 6.07. The maximum absolute atomic E-state index is 11.8. The van der Waals surface area contributed by atoms with Crippen LogP contribution in [0.1, 0.15) is 45.7 Å². The molecule has 0 spiro atoms. The molecule has 1 rings (SSSR count). The molecule has 1 aromatic heterocycles. The summed E-state index contributed by atoms with van der Waals surface area (Å²) in [6.45, 7) is 9.17. The van der Waals surface area contributed by atoms with E-state index >= 15 is 0 Å². The normalized spacial score (nSPS) is 13.9. The minimum atomic E-state index is -2.96. The molecular formula is C14H26N2O2S. The van der Waals surface area contributed by atoms with E-state index in [0.717, 1.165) is 13.0 Å². The topological polar surface area (TPSA) is 51.1 Å². The predicted octanol–water partition coefficient (Wildman–Crippen LogP) is 2.37. The second-order valence-corrected chi connectivity index (χ2v) is 7.79. The number of hydrogen-bond donors (Lipinski definition) is 1. The van der Waals surface area contributed by atoms with Crippen molar-refractivity contribution < 1.29 is 8.42 Å². The summed E-state index contributed by atoms with van der Waals surface area (Å²) < 4.78 is 25.5. The van der Waals surface area contributed by atoms with Gasteiger partial charge in [-0.1, -0.05) is 13.8 Å². The summed E-state index contributed by atoms with van der Waals surface area (Å²) >= 11 is 0. The third-order valence-electron chi connectivity index (χ3n) is 3.39. The first-order valence-electron chi connectivity index (χ1n) is 7.01. The highest BCUT2D eigenvalue weighted by molar-refractivity contribution is 7.91. The Bertz CT molecular complexity index is 477. The molecule has 0 bridgehead atoms. The fourth-order valence-electron chi connectivity index (χ4n) is 2.02. The average Bonchev–Trinajstić information content (AvgIpc) is 2.82. The Hall–Kier alpha value is -0.810. The fourth-order valence-corrected chi connectivity index (χ4v) is 2.95. The van der Waals surface area contributed by atoms with Crippen molar-refractivity contribution in [2.45, 2.75) is 52.0 Å². The first kappa shape index (κ1) is 16.2. The summed E-state index contributed by atoms with van der Waals surface area (Å²) in [5, 5.41) is 3.12. The SMILES string of the molecule is CCNC(CC)c1ccn(CCS(=O)(=O)C(C)C)c1. The molecule has 0 aliphatic rings. The van der Waals surface area contributed by atoms with Crippen LogP contribution in [0.3, 0.4) is 0 Å². The Labute approximate surface area is 117 Å². The first-order chi connectivity index (χ1) is 8.90. The number of sulfone groups is 1. The largest absolute Gasteiger partial charge is 0.353 e. The van der Waals surface area contributed by atoms with Crippen molar-refractivity contribution in [2.75, 3.05) is 12.3 Å². The number of aromatic nitrogens is 1. The van der Waals surface area contributed by atoms with Crippen LogP contribution in [0.5, 0.6) is 0 Å². The van der Waals surface area contributed by atoms with Crippen molar-refractivity contribution in [3.05, 3.63) is 24.0 Å². The van der Waals surface area contributed by atoms with E-state index in [2.05, 4.69) is 25.2 Å². The Morgan fingerprint density at radius 3 is 2.53 bits per heavy atom. The zero-order chi connectivity index (χ0) is 14.5. The van der Waals surface area contributed by atoms with Crippen LogP contribution in [-0.4, -0.2) is 30.5 Å². The molecule has 1 aromatic rings. The molecule has 1 unspecified atom stereocenters. The lowest BCUT2D eigenvalue weighted by atomic mass is 10.1. The summed E-state index contributed by atoms with van der Waals surface area (Å²) in [4.78, 5) is 0. The summed E-state index contributed by atoms with van der Waals surface area (Å²) in [5.41, 5.74) is 1.23. The highest BCUT2D eigenvalue weighted by Gasteiger charge is 2.16. The third kappa shape index (κ3) is 4.66. The van der Waals surface area contributed by atoms with E-state index in [1.807, 2.05) is 17.0 Å². The van der Waals surface area contributed by atoms with Gasteiger partial charge >= 0.3 is 0 Å². The molecule has 0 fully saturated rings. The van der Waals surface area contributed by atoms with E-state index in [4.69, 9.17) is 0 Å². The van der Waals surface area contributed by atoms with Crippen molar-refractivity contribution in [2.24, 2.45) is 0 Å². The molecule has 0 aliphatic carbocycles. The maximum atomic E-state index is 11.8. The summed E-state index contributed by atoms with van der Waals surface area (Å²) in [5.74, 6) is 0.205. The van der Waals surface area contributed by atoms with Crippen molar-refractivity contribution >= 4 is 9.84 Å². The van der Waals surface area contributed by atoms with Crippen LogP contribution in [0.15, 0.2) is 18.5 Å². The molecular weight excluding hydrogens is 260 g/mol. The lowest BCUT2D eigenvalue weighted by Crippen LogP contribution is -2.21. The van der Waals surface area contributed by atoms with E-state index in [9.17, 15) is 8.42 Å². The van der Waals surface area contributed by atoms with Gasteiger partial charge in [0.15, 0.2) is 9.84 Å². The lowest BCUT2D eigenvalue weighted by Gasteiger charge is -2.14. The van der Waals surface area contributed by atoms with Gasteiger partial charge < -0.3 is 9.88 Å². The first-order valence-corrected chi connectivity index (χ1v) is 8.72. The van der Waals surface area contributed by atoms with Crippen LogP contribution < -0.4 is 5.32 Å². The van der Waals surface area contributed by atoms with Gasteiger partial charge in [0.25, 0.3) is 0 Å². The van der Waals surface area contributed by atoms with Gasteiger partial charge in [0.2, 0.25) is 0 Å². The third-order valence-corrected chi connectivity index (χ3v) is 5.57. The van der Waals surface area contributed by atoms with Crippen molar-refractivity contribution in [3.8, 4) is 0 Å². The second-order valence-electron chi connectivity index (χ2n) is 5.12. The van der Waals surface area contributed by atoms with E-state index in [1.165, 1.54) is 5.56 Å². The van der Waals surface area contributed by atoms with E-state index in [1.54, 1.807) is 13.8 Å². The molecule has 0 aromatic carbocycles. The molecule has 4 nitrogen and oxygen atoms in total. The summed E-state index contributed by atoms with van der Waals surface area (Å²) in [6.07, 6.45) is 5.04. The van der Waals surface area contributed by atoms with E-state index < -0.39 is 9.84 Å². The van der Waals surface area contributed by atoms with Crippen molar-refractivity contribution in [1.29, 1.82) is 0 Å². The standard InChI is InChI=1S/C14H26N2O2S/c1-5-14(15-6-2)13-7-8-16(11-13)9-10-19(17,18)12(3)4/h7-8,11-12,14-15H,5-6,9-10H2,1-4H3. The Balaban J connectivity index is 2.65. The van der Waals surface area contributed by atoms with Crippen LogP contribution in [0, 0.1) is 0 Å². The van der Waals surface area contributed by atoms with E-state index in [0.29, 0.717) is 12.6 Å². The zero-order valence-electron chi connectivity index (χ0n) is 12.4.